The summed E-state index contributed by atoms with van der Waals surface area (Å²) in [4.78, 5) is 16.0. The van der Waals surface area contributed by atoms with Crippen molar-refractivity contribution in [1.29, 1.82) is 0 Å². The van der Waals surface area contributed by atoms with Crippen LogP contribution in [-0.4, -0.2) is 10.8 Å². The molecule has 0 aliphatic heterocycles. The lowest BCUT2D eigenvalue weighted by atomic mass is 9.97. The third-order valence-corrected chi connectivity index (χ3v) is 2.73. The van der Waals surface area contributed by atoms with Crippen molar-refractivity contribution in [2.24, 2.45) is 0 Å². The second-order valence-corrected chi connectivity index (χ2v) is 3.98. The van der Waals surface area contributed by atoms with Crippen molar-refractivity contribution in [1.82, 2.24) is 4.98 Å². The Kier molecular flexibility index (Phi) is 3.00. The van der Waals surface area contributed by atoms with Crippen LogP contribution in [0.25, 0.3) is 10.9 Å². The van der Waals surface area contributed by atoms with E-state index in [0.717, 1.165) is 34.9 Å². The van der Waals surface area contributed by atoms with Crippen molar-refractivity contribution in [2.45, 2.75) is 26.7 Å². The molecular weight excluding hydrogens is 198 g/mol. The lowest BCUT2D eigenvalue weighted by Crippen LogP contribution is -2.02. The van der Waals surface area contributed by atoms with Crippen LogP contribution >= 0.6 is 0 Å². The van der Waals surface area contributed by atoms with Gasteiger partial charge in [0.25, 0.3) is 0 Å². The standard InChI is InChI=1S/C14H15NO/c1-3-5-11-7-8-12-6-4-9-15-14(12)13(11)10(2)16/h4,6-9H,3,5H2,1-2H3. The van der Waals surface area contributed by atoms with Gasteiger partial charge in [-0.15, -0.1) is 0 Å². The topological polar surface area (TPSA) is 30.0 Å². The molecule has 0 amide bonds. The van der Waals surface area contributed by atoms with Gasteiger partial charge in [0.2, 0.25) is 0 Å². The van der Waals surface area contributed by atoms with E-state index >= 15 is 0 Å². The van der Waals surface area contributed by atoms with Crippen LogP contribution < -0.4 is 0 Å². The van der Waals surface area contributed by atoms with Gasteiger partial charge in [0.15, 0.2) is 5.78 Å². The van der Waals surface area contributed by atoms with E-state index < -0.39 is 0 Å². The molecule has 0 aliphatic carbocycles. The van der Waals surface area contributed by atoms with E-state index in [2.05, 4.69) is 11.9 Å². The number of hydrogen-bond donors (Lipinski definition) is 0. The summed E-state index contributed by atoms with van der Waals surface area (Å²) in [6.07, 6.45) is 3.71. The van der Waals surface area contributed by atoms with Crippen LogP contribution in [0.5, 0.6) is 0 Å². The molecule has 0 radical (unpaired) electrons. The maximum atomic E-state index is 11.7. The maximum Gasteiger partial charge on any atom is 0.162 e. The molecule has 0 aliphatic rings. The molecule has 1 heterocycles. The molecule has 0 unspecified atom stereocenters. The normalized spacial score (nSPS) is 10.6. The number of pyridine rings is 1. The molecule has 1 aromatic heterocycles. The lowest BCUT2D eigenvalue weighted by Gasteiger charge is -2.08. The first-order valence-electron chi connectivity index (χ1n) is 5.61. The SMILES string of the molecule is CCCc1ccc2cccnc2c1C(C)=O. The molecule has 0 saturated heterocycles. The predicted molar refractivity (Wildman–Crippen MR) is 65.7 cm³/mol. The molecule has 2 rings (SSSR count). The molecule has 2 heteroatoms. The Hall–Kier alpha value is -1.70. The molecule has 0 atom stereocenters. The minimum absolute atomic E-state index is 0.104. The van der Waals surface area contributed by atoms with Gasteiger partial charge in [-0.25, -0.2) is 0 Å². The predicted octanol–water partition coefficient (Wildman–Crippen LogP) is 3.39. The van der Waals surface area contributed by atoms with Crippen molar-refractivity contribution in [3.63, 3.8) is 0 Å². The molecule has 0 bridgehead atoms. The summed E-state index contributed by atoms with van der Waals surface area (Å²) in [6.45, 7) is 3.73. The molecule has 0 spiro atoms. The number of ketones is 1. The van der Waals surface area contributed by atoms with Gasteiger partial charge in [0.05, 0.1) is 5.52 Å². The summed E-state index contributed by atoms with van der Waals surface area (Å²) in [5.41, 5.74) is 2.74. The van der Waals surface area contributed by atoms with Gasteiger partial charge >= 0.3 is 0 Å². The van der Waals surface area contributed by atoms with Gasteiger partial charge in [-0.05, 0) is 25.0 Å². The van der Waals surface area contributed by atoms with E-state index in [1.54, 1.807) is 13.1 Å². The fourth-order valence-corrected chi connectivity index (χ4v) is 2.06. The third kappa shape index (κ3) is 1.83. The highest BCUT2D eigenvalue weighted by molar-refractivity contribution is 6.06. The fourth-order valence-electron chi connectivity index (χ4n) is 2.06. The number of fused-ring (bicyclic) bond motifs is 1. The number of nitrogens with zero attached hydrogens (tertiary/aromatic N) is 1. The number of carbonyl (C=O) groups is 1. The number of carbonyl (C=O) groups excluding carboxylic acids is 1. The zero-order chi connectivity index (χ0) is 11.5. The Morgan fingerprint density at radius 2 is 2.12 bits per heavy atom. The van der Waals surface area contributed by atoms with Crippen molar-refractivity contribution in [3.8, 4) is 0 Å². The summed E-state index contributed by atoms with van der Waals surface area (Å²) in [5, 5.41) is 1.03. The quantitative estimate of drug-likeness (QED) is 0.731. The second kappa shape index (κ2) is 4.44. The van der Waals surface area contributed by atoms with Crippen LogP contribution in [0.3, 0.4) is 0 Å². The summed E-state index contributed by atoms with van der Waals surface area (Å²) in [5.74, 6) is 0.104. The van der Waals surface area contributed by atoms with Gasteiger partial charge in [0.1, 0.15) is 0 Å². The van der Waals surface area contributed by atoms with Crippen LogP contribution in [-0.2, 0) is 6.42 Å². The van der Waals surface area contributed by atoms with Gasteiger partial charge in [0, 0.05) is 17.1 Å². The van der Waals surface area contributed by atoms with Gasteiger partial charge < -0.3 is 0 Å². The number of aryl methyl sites for hydroxylation is 1. The first-order chi connectivity index (χ1) is 7.74. The van der Waals surface area contributed by atoms with Crippen LogP contribution in [0.2, 0.25) is 0 Å². The second-order valence-electron chi connectivity index (χ2n) is 3.98. The van der Waals surface area contributed by atoms with Gasteiger partial charge in [-0.2, -0.15) is 0 Å². The monoisotopic (exact) mass is 213 g/mol. The summed E-state index contributed by atoms with van der Waals surface area (Å²) in [6, 6.07) is 7.97. The molecule has 2 aromatic rings. The zero-order valence-corrected chi connectivity index (χ0v) is 9.66. The van der Waals surface area contributed by atoms with Gasteiger partial charge in [-0.3, -0.25) is 9.78 Å². The summed E-state index contributed by atoms with van der Waals surface area (Å²) >= 11 is 0. The van der Waals surface area contributed by atoms with Crippen LogP contribution in [0.1, 0.15) is 36.2 Å². The maximum absolute atomic E-state index is 11.7. The Labute approximate surface area is 95.3 Å². The third-order valence-electron chi connectivity index (χ3n) is 2.73. The van der Waals surface area contributed by atoms with Crippen molar-refractivity contribution >= 4 is 16.7 Å². The average molecular weight is 213 g/mol. The van der Waals surface area contributed by atoms with Crippen LogP contribution in [0.4, 0.5) is 0 Å². The number of aromatic nitrogens is 1. The molecule has 2 nitrogen and oxygen atoms in total. The van der Waals surface area contributed by atoms with Gasteiger partial charge in [-0.1, -0.05) is 31.5 Å². The molecule has 0 saturated carbocycles. The minimum Gasteiger partial charge on any atom is -0.294 e. The first-order valence-corrected chi connectivity index (χ1v) is 5.61. The molecule has 82 valence electrons. The Morgan fingerprint density at radius 1 is 1.31 bits per heavy atom. The Bertz CT molecular complexity index is 531. The average Bonchev–Trinajstić information content (AvgIpc) is 2.28. The van der Waals surface area contributed by atoms with Crippen molar-refractivity contribution in [3.05, 3.63) is 41.6 Å². The highest BCUT2D eigenvalue weighted by atomic mass is 16.1. The van der Waals surface area contributed by atoms with E-state index in [0.29, 0.717) is 0 Å². The Balaban J connectivity index is 2.73. The van der Waals surface area contributed by atoms with E-state index in [1.165, 1.54) is 0 Å². The largest absolute Gasteiger partial charge is 0.294 e. The fraction of sp³-hybridized carbons (Fsp3) is 0.286. The molecule has 1 aromatic carbocycles. The van der Waals surface area contributed by atoms with Crippen LogP contribution in [0, 0.1) is 0 Å². The van der Waals surface area contributed by atoms with Crippen LogP contribution in [0.15, 0.2) is 30.5 Å². The van der Waals surface area contributed by atoms with E-state index in [4.69, 9.17) is 0 Å². The first kappa shape index (κ1) is 10.8. The van der Waals surface area contributed by atoms with Crippen molar-refractivity contribution in [2.75, 3.05) is 0 Å². The number of benzene rings is 1. The Morgan fingerprint density at radius 3 is 2.81 bits per heavy atom. The summed E-state index contributed by atoms with van der Waals surface area (Å²) in [7, 11) is 0. The number of Topliss-reactive ketones (excluding diaryl/α,β-unsaturated/α-hetero) is 1. The molecule has 0 N–H and O–H groups in total. The summed E-state index contributed by atoms with van der Waals surface area (Å²) < 4.78 is 0. The van der Waals surface area contributed by atoms with E-state index in [9.17, 15) is 4.79 Å². The molecular formula is C14H15NO. The van der Waals surface area contributed by atoms with Crippen molar-refractivity contribution < 1.29 is 4.79 Å². The molecule has 16 heavy (non-hydrogen) atoms. The number of rotatable bonds is 3. The minimum atomic E-state index is 0.104. The zero-order valence-electron chi connectivity index (χ0n) is 9.66. The smallest absolute Gasteiger partial charge is 0.162 e. The highest BCUT2D eigenvalue weighted by Gasteiger charge is 2.11. The molecule has 0 fully saturated rings. The lowest BCUT2D eigenvalue weighted by molar-refractivity contribution is 0.101. The van der Waals surface area contributed by atoms with E-state index in [-0.39, 0.29) is 5.78 Å². The van der Waals surface area contributed by atoms with E-state index in [1.807, 2.05) is 24.3 Å². The highest BCUT2D eigenvalue weighted by Crippen LogP contribution is 2.22. The number of hydrogen-bond acceptors (Lipinski definition) is 2.